The minimum atomic E-state index is -0.675. The van der Waals surface area contributed by atoms with Crippen LogP contribution in [-0.4, -0.2) is 32.8 Å². The Morgan fingerprint density at radius 1 is 1.25 bits per heavy atom. The van der Waals surface area contributed by atoms with E-state index in [1.165, 1.54) is 7.11 Å². The Morgan fingerprint density at radius 3 is 2.50 bits per heavy atom. The summed E-state index contributed by atoms with van der Waals surface area (Å²) in [6.07, 6.45) is -0.675. The van der Waals surface area contributed by atoms with Gasteiger partial charge >= 0.3 is 5.97 Å². The summed E-state index contributed by atoms with van der Waals surface area (Å²) in [5.74, 6) is 0.706. The first-order valence-corrected chi connectivity index (χ1v) is 6.69. The minimum absolute atomic E-state index is 0.223. The van der Waals surface area contributed by atoms with Crippen LogP contribution in [0.15, 0.2) is 18.2 Å². The number of esters is 1. The highest BCUT2D eigenvalue weighted by Gasteiger charge is 2.18. The molecule has 5 heteroatoms. The van der Waals surface area contributed by atoms with Gasteiger partial charge in [0, 0.05) is 6.04 Å². The summed E-state index contributed by atoms with van der Waals surface area (Å²) in [5, 5.41) is 3.33. The molecule has 0 fully saturated rings. The zero-order chi connectivity index (χ0) is 15.1. The first-order chi connectivity index (χ1) is 9.53. The molecule has 0 radical (unpaired) electrons. The number of carbonyl (C=O) groups is 1. The fourth-order valence-corrected chi connectivity index (χ4v) is 1.88. The highest BCUT2D eigenvalue weighted by Crippen LogP contribution is 2.31. The quantitative estimate of drug-likeness (QED) is 0.777. The van der Waals surface area contributed by atoms with Gasteiger partial charge in [-0.2, -0.15) is 0 Å². The topological polar surface area (TPSA) is 56.8 Å². The second-order valence-electron chi connectivity index (χ2n) is 4.47. The highest BCUT2D eigenvalue weighted by molar-refractivity contribution is 5.74. The van der Waals surface area contributed by atoms with Gasteiger partial charge in [0.15, 0.2) is 17.6 Å². The Kier molecular flexibility index (Phi) is 6.31. The van der Waals surface area contributed by atoms with Crippen LogP contribution in [-0.2, 0) is 9.53 Å². The summed E-state index contributed by atoms with van der Waals surface area (Å²) in [5.41, 5.74) is 1.10. The van der Waals surface area contributed by atoms with E-state index in [-0.39, 0.29) is 6.04 Å². The average Bonchev–Trinajstić information content (AvgIpc) is 2.46. The fraction of sp³-hybridized carbons (Fsp3) is 0.533. The summed E-state index contributed by atoms with van der Waals surface area (Å²) in [4.78, 5) is 11.4. The van der Waals surface area contributed by atoms with Crippen LogP contribution in [0.2, 0.25) is 0 Å². The molecular formula is C15H23NO4. The molecule has 0 aliphatic heterocycles. The van der Waals surface area contributed by atoms with Gasteiger partial charge in [-0.05, 0) is 38.1 Å². The monoisotopic (exact) mass is 281 g/mol. The number of rotatable bonds is 7. The lowest BCUT2D eigenvalue weighted by atomic mass is 10.1. The van der Waals surface area contributed by atoms with Gasteiger partial charge in [-0.3, -0.25) is 0 Å². The molecule has 1 aromatic rings. The average molecular weight is 281 g/mol. The van der Waals surface area contributed by atoms with E-state index >= 15 is 0 Å². The van der Waals surface area contributed by atoms with Crippen molar-refractivity contribution in [3.8, 4) is 11.5 Å². The molecule has 0 bridgehead atoms. The van der Waals surface area contributed by atoms with Gasteiger partial charge in [0.25, 0.3) is 0 Å². The third kappa shape index (κ3) is 4.13. The fourth-order valence-electron chi connectivity index (χ4n) is 1.88. The van der Waals surface area contributed by atoms with Crippen LogP contribution in [0.3, 0.4) is 0 Å². The molecule has 0 aliphatic carbocycles. The van der Waals surface area contributed by atoms with E-state index in [2.05, 4.69) is 23.9 Å². The van der Waals surface area contributed by atoms with Crippen molar-refractivity contribution < 1.29 is 19.0 Å². The third-order valence-electron chi connectivity index (χ3n) is 3.03. The predicted octanol–water partition coefficient (Wildman–Crippen LogP) is 2.31. The lowest BCUT2D eigenvalue weighted by Gasteiger charge is -2.18. The standard InChI is InChI=1S/C15H23NO4/c1-6-16-10(2)12-7-8-13(14(9-12)18-4)20-11(3)15(17)19-5/h7-11,16H,6H2,1-5H3. The maximum absolute atomic E-state index is 11.4. The van der Waals surface area contributed by atoms with Gasteiger partial charge in [-0.25, -0.2) is 4.79 Å². The summed E-state index contributed by atoms with van der Waals surface area (Å²) < 4.78 is 15.5. The minimum Gasteiger partial charge on any atom is -0.493 e. The molecule has 0 saturated carbocycles. The number of carbonyl (C=O) groups excluding carboxylic acids is 1. The van der Waals surface area contributed by atoms with Crippen molar-refractivity contribution in [3.05, 3.63) is 23.8 Å². The first kappa shape index (κ1) is 16.3. The van der Waals surface area contributed by atoms with Crippen LogP contribution >= 0.6 is 0 Å². The highest BCUT2D eigenvalue weighted by atomic mass is 16.6. The van der Waals surface area contributed by atoms with Crippen LogP contribution in [0.1, 0.15) is 32.4 Å². The van der Waals surface area contributed by atoms with Crippen LogP contribution in [0.5, 0.6) is 11.5 Å². The third-order valence-corrected chi connectivity index (χ3v) is 3.03. The van der Waals surface area contributed by atoms with Gasteiger partial charge in [0.2, 0.25) is 0 Å². The molecule has 0 aliphatic rings. The van der Waals surface area contributed by atoms with Gasteiger partial charge in [0.05, 0.1) is 14.2 Å². The molecule has 20 heavy (non-hydrogen) atoms. The van der Waals surface area contributed by atoms with Crippen LogP contribution in [0.4, 0.5) is 0 Å². The lowest BCUT2D eigenvalue weighted by Crippen LogP contribution is -2.25. The molecule has 1 N–H and O–H groups in total. The van der Waals surface area contributed by atoms with E-state index in [0.717, 1.165) is 12.1 Å². The van der Waals surface area contributed by atoms with Gasteiger partial charge in [0.1, 0.15) is 0 Å². The zero-order valence-electron chi connectivity index (χ0n) is 12.7. The summed E-state index contributed by atoms with van der Waals surface area (Å²) in [6.45, 7) is 6.67. The van der Waals surface area contributed by atoms with Crippen molar-refractivity contribution in [3.63, 3.8) is 0 Å². The van der Waals surface area contributed by atoms with Gasteiger partial charge in [-0.1, -0.05) is 13.0 Å². The maximum Gasteiger partial charge on any atom is 0.346 e. The number of benzene rings is 1. The molecule has 2 unspecified atom stereocenters. The second kappa shape index (κ2) is 7.75. The number of hydrogen-bond donors (Lipinski definition) is 1. The molecule has 1 rings (SSSR count). The molecule has 1 aromatic carbocycles. The lowest BCUT2D eigenvalue weighted by molar-refractivity contribution is -0.147. The van der Waals surface area contributed by atoms with E-state index in [9.17, 15) is 4.79 Å². The molecular weight excluding hydrogens is 258 g/mol. The Hall–Kier alpha value is -1.75. The van der Waals surface area contributed by atoms with Crippen molar-refractivity contribution in [2.24, 2.45) is 0 Å². The predicted molar refractivity (Wildman–Crippen MR) is 77.2 cm³/mol. The van der Waals surface area contributed by atoms with E-state index in [0.29, 0.717) is 11.5 Å². The van der Waals surface area contributed by atoms with Crippen molar-refractivity contribution in [2.45, 2.75) is 32.9 Å². The first-order valence-electron chi connectivity index (χ1n) is 6.69. The Labute approximate surface area is 120 Å². The van der Waals surface area contributed by atoms with E-state index in [1.807, 2.05) is 12.1 Å². The van der Waals surface area contributed by atoms with Gasteiger partial charge in [-0.15, -0.1) is 0 Å². The Morgan fingerprint density at radius 2 is 1.95 bits per heavy atom. The maximum atomic E-state index is 11.4. The Balaban J connectivity index is 2.90. The van der Waals surface area contributed by atoms with Crippen LogP contribution in [0, 0.1) is 0 Å². The summed E-state index contributed by atoms with van der Waals surface area (Å²) >= 11 is 0. The van der Waals surface area contributed by atoms with Crippen molar-refractivity contribution >= 4 is 5.97 Å². The molecule has 112 valence electrons. The van der Waals surface area contributed by atoms with Crippen molar-refractivity contribution in [1.29, 1.82) is 0 Å². The molecule has 0 aromatic heterocycles. The van der Waals surface area contributed by atoms with Crippen LogP contribution < -0.4 is 14.8 Å². The normalized spacial score (nSPS) is 13.4. The molecule has 0 heterocycles. The molecule has 0 amide bonds. The van der Waals surface area contributed by atoms with E-state index < -0.39 is 12.1 Å². The molecule has 0 saturated heterocycles. The van der Waals surface area contributed by atoms with Crippen molar-refractivity contribution in [2.75, 3.05) is 20.8 Å². The molecule has 5 nitrogen and oxygen atoms in total. The zero-order valence-corrected chi connectivity index (χ0v) is 12.7. The largest absolute Gasteiger partial charge is 0.493 e. The summed E-state index contributed by atoms with van der Waals surface area (Å²) in [6, 6.07) is 5.89. The number of nitrogens with one attached hydrogen (secondary N) is 1. The van der Waals surface area contributed by atoms with Crippen LogP contribution in [0.25, 0.3) is 0 Å². The second-order valence-corrected chi connectivity index (χ2v) is 4.47. The SMILES string of the molecule is CCNC(C)c1ccc(OC(C)C(=O)OC)c(OC)c1. The molecule has 2 atom stereocenters. The molecule has 0 spiro atoms. The van der Waals surface area contributed by atoms with Crippen molar-refractivity contribution in [1.82, 2.24) is 5.32 Å². The number of methoxy groups -OCH3 is 2. The smallest absolute Gasteiger partial charge is 0.346 e. The summed E-state index contributed by atoms with van der Waals surface area (Å²) in [7, 11) is 2.91. The Bertz CT molecular complexity index is 447. The van der Waals surface area contributed by atoms with E-state index in [1.54, 1.807) is 20.1 Å². The van der Waals surface area contributed by atoms with Gasteiger partial charge < -0.3 is 19.5 Å². The number of hydrogen-bond acceptors (Lipinski definition) is 5. The van der Waals surface area contributed by atoms with E-state index in [4.69, 9.17) is 9.47 Å². The number of ether oxygens (including phenoxy) is 3.